The number of hydrogen-bond acceptors (Lipinski definition) is 8. The topological polar surface area (TPSA) is 99.5 Å². The highest BCUT2D eigenvalue weighted by molar-refractivity contribution is 5.85. The van der Waals surface area contributed by atoms with Crippen LogP contribution in [0.4, 0.5) is 11.9 Å². The summed E-state index contributed by atoms with van der Waals surface area (Å²) >= 11 is 0. The van der Waals surface area contributed by atoms with Gasteiger partial charge >= 0.3 is 0 Å². The molecule has 0 saturated carbocycles. The lowest BCUT2D eigenvalue weighted by atomic mass is 10.2. The first kappa shape index (κ1) is 26.5. The zero-order valence-electron chi connectivity index (χ0n) is 21.9. The van der Waals surface area contributed by atoms with E-state index in [0.29, 0.717) is 43.9 Å². The summed E-state index contributed by atoms with van der Waals surface area (Å²) < 4.78 is 18.1. The Kier molecular flexibility index (Phi) is 9.17. The maximum atomic E-state index is 13.3. The van der Waals surface area contributed by atoms with Crippen molar-refractivity contribution in [3.63, 3.8) is 0 Å². The third-order valence-corrected chi connectivity index (χ3v) is 5.59. The molecule has 0 fully saturated rings. The predicted molar refractivity (Wildman–Crippen MR) is 147 cm³/mol. The Morgan fingerprint density at radius 3 is 1.89 bits per heavy atom. The van der Waals surface area contributed by atoms with Crippen LogP contribution >= 0.6 is 0 Å². The van der Waals surface area contributed by atoms with Gasteiger partial charge < -0.3 is 24.8 Å². The number of anilines is 2. The molecule has 0 aliphatic heterocycles. The van der Waals surface area contributed by atoms with Crippen LogP contribution in [0, 0.1) is 0 Å². The average Bonchev–Trinajstić information content (AvgIpc) is 3.36. The molecule has 0 saturated heterocycles. The van der Waals surface area contributed by atoms with Gasteiger partial charge in [0.25, 0.3) is 5.91 Å². The highest BCUT2D eigenvalue weighted by Crippen LogP contribution is 2.18. The van der Waals surface area contributed by atoms with Crippen LogP contribution in [0.5, 0.6) is 17.2 Å². The Balaban J connectivity index is 1.48. The normalized spacial score (nSPS) is 11.4. The van der Waals surface area contributed by atoms with Crippen molar-refractivity contribution in [1.82, 2.24) is 14.8 Å². The summed E-state index contributed by atoms with van der Waals surface area (Å²) in [5.41, 5.74) is 2.04. The number of ether oxygens (including phenoxy) is 3. The third kappa shape index (κ3) is 7.25. The van der Waals surface area contributed by atoms with Gasteiger partial charge in [-0.25, -0.2) is 0 Å². The van der Waals surface area contributed by atoms with E-state index in [0.717, 1.165) is 22.6 Å². The zero-order valence-corrected chi connectivity index (χ0v) is 21.9. The second-order valence-electron chi connectivity index (χ2n) is 8.44. The van der Waals surface area contributed by atoms with Gasteiger partial charge in [0.1, 0.15) is 17.2 Å². The predicted octanol–water partition coefficient (Wildman–Crippen LogP) is 5.41. The Hall–Kier alpha value is -4.53. The molecule has 0 aliphatic rings. The summed E-state index contributed by atoms with van der Waals surface area (Å²) in [5.74, 6) is 2.53. The smallest absolute Gasteiger partial charge is 0.290 e. The molecule has 0 unspecified atom stereocenters. The van der Waals surface area contributed by atoms with Gasteiger partial charge in [-0.15, -0.1) is 5.10 Å². The number of benzene rings is 3. The van der Waals surface area contributed by atoms with Gasteiger partial charge in [-0.2, -0.15) is 9.67 Å². The summed E-state index contributed by atoms with van der Waals surface area (Å²) in [6.45, 7) is 7.75. The summed E-state index contributed by atoms with van der Waals surface area (Å²) in [6, 6.07) is 24.8. The number of carbonyl (C=O) groups excluding carboxylic acids is 1. The van der Waals surface area contributed by atoms with Crippen molar-refractivity contribution in [3.8, 4) is 17.2 Å². The lowest BCUT2D eigenvalue weighted by molar-refractivity contribution is 0.0713. The van der Waals surface area contributed by atoms with Crippen LogP contribution in [-0.2, 0) is 13.1 Å². The monoisotopic (exact) mass is 515 g/mol. The van der Waals surface area contributed by atoms with Crippen molar-refractivity contribution in [2.75, 3.05) is 23.8 Å². The Labute approximate surface area is 222 Å². The van der Waals surface area contributed by atoms with Crippen LogP contribution in [0.15, 0.2) is 78.9 Å². The summed E-state index contributed by atoms with van der Waals surface area (Å²) in [7, 11) is 0. The van der Waals surface area contributed by atoms with Gasteiger partial charge in [0, 0.05) is 13.1 Å². The van der Waals surface area contributed by atoms with Crippen molar-refractivity contribution < 1.29 is 19.0 Å². The van der Waals surface area contributed by atoms with Gasteiger partial charge in [0.15, 0.2) is 6.10 Å². The lowest BCUT2D eigenvalue weighted by Gasteiger charge is -2.14. The molecule has 1 aromatic heterocycles. The average molecular weight is 516 g/mol. The van der Waals surface area contributed by atoms with E-state index in [4.69, 9.17) is 14.2 Å². The maximum absolute atomic E-state index is 13.3. The van der Waals surface area contributed by atoms with Crippen molar-refractivity contribution >= 4 is 17.8 Å². The molecule has 4 rings (SSSR count). The molecule has 0 bridgehead atoms. The second kappa shape index (κ2) is 13.1. The van der Waals surface area contributed by atoms with Crippen LogP contribution in [0.2, 0.25) is 0 Å². The number of hydrogen-bond donors (Lipinski definition) is 2. The lowest BCUT2D eigenvalue weighted by Crippen LogP contribution is -2.31. The quantitative estimate of drug-likeness (QED) is 0.244. The summed E-state index contributed by atoms with van der Waals surface area (Å²) in [6.07, 6.45) is -0.774. The van der Waals surface area contributed by atoms with Crippen molar-refractivity contribution in [2.45, 2.75) is 40.0 Å². The summed E-state index contributed by atoms with van der Waals surface area (Å²) in [4.78, 5) is 17.9. The van der Waals surface area contributed by atoms with Crippen LogP contribution in [0.3, 0.4) is 0 Å². The van der Waals surface area contributed by atoms with Crippen LogP contribution in [0.25, 0.3) is 0 Å². The minimum absolute atomic E-state index is 0.321. The minimum atomic E-state index is -0.774. The molecule has 38 heavy (non-hydrogen) atoms. The van der Waals surface area contributed by atoms with Crippen LogP contribution in [-0.4, -0.2) is 40.0 Å². The number of carbonyl (C=O) groups is 1. The molecule has 198 valence electrons. The number of aromatic nitrogens is 3. The fourth-order valence-electron chi connectivity index (χ4n) is 3.68. The molecule has 4 aromatic rings. The van der Waals surface area contributed by atoms with E-state index >= 15 is 0 Å². The molecular formula is C29H33N5O4. The molecule has 3 aromatic carbocycles. The van der Waals surface area contributed by atoms with E-state index in [-0.39, 0.29) is 5.91 Å². The minimum Gasteiger partial charge on any atom is -0.494 e. The van der Waals surface area contributed by atoms with Gasteiger partial charge in [-0.05, 0) is 68.3 Å². The molecule has 9 heteroatoms. The number of nitrogens with zero attached hydrogens (tertiary/aromatic N) is 3. The molecular weight excluding hydrogens is 482 g/mol. The largest absolute Gasteiger partial charge is 0.494 e. The molecule has 9 nitrogen and oxygen atoms in total. The first-order valence-corrected chi connectivity index (χ1v) is 12.7. The van der Waals surface area contributed by atoms with E-state index in [1.54, 1.807) is 19.1 Å². The van der Waals surface area contributed by atoms with Gasteiger partial charge in [-0.1, -0.05) is 42.5 Å². The fraction of sp³-hybridized carbons (Fsp3) is 0.276. The van der Waals surface area contributed by atoms with Crippen molar-refractivity contribution in [3.05, 3.63) is 90.0 Å². The standard InChI is InChI=1S/C29H33N5O4/c1-4-36-24-15-11-22(12-16-24)19-30-28-32-29(31-20-23-13-17-25(18-14-23)37-5-2)34(33-28)27(35)21(3)38-26-9-7-6-8-10-26/h6-18,21H,4-5,19-20H2,1-3H3,(H2,30,31,32,33)/t21-/m0/s1. The molecule has 1 heterocycles. The molecule has 0 aliphatic carbocycles. The van der Waals surface area contributed by atoms with E-state index in [1.807, 2.05) is 80.6 Å². The van der Waals surface area contributed by atoms with Crippen LogP contribution in [0.1, 0.15) is 36.7 Å². The Bertz CT molecular complexity index is 1290. The van der Waals surface area contributed by atoms with Crippen molar-refractivity contribution in [1.29, 1.82) is 0 Å². The SMILES string of the molecule is CCOc1ccc(CNc2nc(NCc3ccc(OCC)cc3)n(C(=O)[C@H](C)Oc3ccccc3)n2)cc1. The highest BCUT2D eigenvalue weighted by atomic mass is 16.5. The van der Waals surface area contributed by atoms with E-state index in [1.165, 1.54) is 4.68 Å². The Morgan fingerprint density at radius 1 is 0.789 bits per heavy atom. The van der Waals surface area contributed by atoms with E-state index in [9.17, 15) is 4.79 Å². The highest BCUT2D eigenvalue weighted by Gasteiger charge is 2.23. The van der Waals surface area contributed by atoms with E-state index in [2.05, 4.69) is 20.7 Å². The zero-order chi connectivity index (χ0) is 26.7. The van der Waals surface area contributed by atoms with E-state index < -0.39 is 6.10 Å². The first-order valence-electron chi connectivity index (χ1n) is 12.7. The number of nitrogens with one attached hydrogen (secondary N) is 2. The Morgan fingerprint density at radius 2 is 1.34 bits per heavy atom. The molecule has 0 spiro atoms. The third-order valence-electron chi connectivity index (χ3n) is 5.59. The molecule has 1 atom stereocenters. The molecule has 2 N–H and O–H groups in total. The van der Waals surface area contributed by atoms with Crippen molar-refractivity contribution in [2.24, 2.45) is 0 Å². The molecule has 0 amide bonds. The number of rotatable bonds is 13. The van der Waals surface area contributed by atoms with Gasteiger partial charge in [0.2, 0.25) is 11.9 Å². The van der Waals surface area contributed by atoms with Gasteiger partial charge in [-0.3, -0.25) is 4.79 Å². The molecule has 0 radical (unpaired) electrons. The summed E-state index contributed by atoms with van der Waals surface area (Å²) in [5, 5.41) is 10.9. The van der Waals surface area contributed by atoms with Gasteiger partial charge in [0.05, 0.1) is 13.2 Å². The second-order valence-corrected chi connectivity index (χ2v) is 8.44. The fourth-order valence-corrected chi connectivity index (χ4v) is 3.68. The van der Waals surface area contributed by atoms with Crippen LogP contribution < -0.4 is 24.8 Å². The maximum Gasteiger partial charge on any atom is 0.290 e. The first-order chi connectivity index (χ1) is 18.6. The number of para-hydroxylation sites is 1.